The zero-order valence-electron chi connectivity index (χ0n) is 11.5. The summed E-state index contributed by atoms with van der Waals surface area (Å²) in [4.78, 5) is 0. The first-order valence-electron chi connectivity index (χ1n) is 6.77. The summed E-state index contributed by atoms with van der Waals surface area (Å²) in [7, 11) is 3.37. The number of methoxy groups -OCH3 is 2. The maximum atomic E-state index is 5.42. The molecule has 3 heteroatoms. The molecule has 1 N–H and O–H groups in total. The maximum Gasteiger partial charge on any atom is 0.145 e. The third kappa shape index (κ3) is 2.71. The molecule has 0 bridgehead atoms. The standard InChI is InChI=1S/C15H23NO2/c1-4-11-6-5-7-13(11)16-14-9-8-12(17-2)10-15(14)18-3/h8-11,13,16H,4-7H2,1-3H3. The molecule has 1 fully saturated rings. The fraction of sp³-hybridized carbons (Fsp3) is 0.600. The van der Waals surface area contributed by atoms with Crippen molar-refractivity contribution in [2.24, 2.45) is 5.92 Å². The van der Waals surface area contributed by atoms with Crippen molar-refractivity contribution in [1.29, 1.82) is 0 Å². The van der Waals surface area contributed by atoms with Crippen molar-refractivity contribution in [3.63, 3.8) is 0 Å². The lowest BCUT2D eigenvalue weighted by Gasteiger charge is -2.22. The molecule has 1 saturated carbocycles. The molecule has 0 amide bonds. The molecule has 3 nitrogen and oxygen atoms in total. The lowest BCUT2D eigenvalue weighted by molar-refractivity contribution is 0.394. The number of anilines is 1. The smallest absolute Gasteiger partial charge is 0.145 e. The number of nitrogens with one attached hydrogen (secondary N) is 1. The van der Waals surface area contributed by atoms with Crippen molar-refractivity contribution in [2.45, 2.75) is 38.6 Å². The molecular formula is C15H23NO2. The van der Waals surface area contributed by atoms with Gasteiger partial charge in [0.05, 0.1) is 19.9 Å². The molecule has 1 aromatic rings. The van der Waals surface area contributed by atoms with Gasteiger partial charge in [0.1, 0.15) is 11.5 Å². The first-order chi connectivity index (χ1) is 8.78. The Morgan fingerprint density at radius 1 is 1.22 bits per heavy atom. The second kappa shape index (κ2) is 5.98. The summed E-state index contributed by atoms with van der Waals surface area (Å²) in [6.45, 7) is 2.27. The highest BCUT2D eigenvalue weighted by Crippen LogP contribution is 2.35. The minimum Gasteiger partial charge on any atom is -0.497 e. The van der Waals surface area contributed by atoms with Crippen LogP contribution in [0.3, 0.4) is 0 Å². The average Bonchev–Trinajstić information content (AvgIpc) is 2.86. The van der Waals surface area contributed by atoms with Gasteiger partial charge in [0, 0.05) is 12.1 Å². The zero-order valence-corrected chi connectivity index (χ0v) is 11.5. The van der Waals surface area contributed by atoms with Crippen LogP contribution in [0.15, 0.2) is 18.2 Å². The van der Waals surface area contributed by atoms with E-state index in [2.05, 4.69) is 12.2 Å². The summed E-state index contributed by atoms with van der Waals surface area (Å²) >= 11 is 0. The minimum absolute atomic E-state index is 0.581. The van der Waals surface area contributed by atoms with Crippen LogP contribution in [-0.2, 0) is 0 Å². The summed E-state index contributed by atoms with van der Waals surface area (Å²) in [6.07, 6.45) is 5.17. The number of hydrogen-bond donors (Lipinski definition) is 1. The summed E-state index contributed by atoms with van der Waals surface area (Å²) in [5.74, 6) is 2.48. The Bertz CT molecular complexity index is 392. The van der Waals surface area contributed by atoms with Crippen molar-refractivity contribution >= 4 is 5.69 Å². The number of ether oxygens (including phenoxy) is 2. The van der Waals surface area contributed by atoms with Crippen LogP contribution >= 0.6 is 0 Å². The zero-order chi connectivity index (χ0) is 13.0. The number of benzene rings is 1. The molecule has 0 aliphatic heterocycles. The molecule has 1 aliphatic rings. The van der Waals surface area contributed by atoms with Gasteiger partial charge in [0.2, 0.25) is 0 Å². The van der Waals surface area contributed by atoms with Gasteiger partial charge < -0.3 is 14.8 Å². The Labute approximate surface area is 109 Å². The molecule has 2 atom stereocenters. The van der Waals surface area contributed by atoms with Crippen LogP contribution in [0.5, 0.6) is 11.5 Å². The van der Waals surface area contributed by atoms with Gasteiger partial charge in [-0.25, -0.2) is 0 Å². The second-order valence-electron chi connectivity index (χ2n) is 4.92. The van der Waals surface area contributed by atoms with Crippen molar-refractivity contribution < 1.29 is 9.47 Å². The Morgan fingerprint density at radius 3 is 2.72 bits per heavy atom. The predicted octanol–water partition coefficient (Wildman–Crippen LogP) is 3.69. The first kappa shape index (κ1) is 13.1. The van der Waals surface area contributed by atoms with Crippen LogP contribution in [0.25, 0.3) is 0 Å². The second-order valence-corrected chi connectivity index (χ2v) is 4.92. The molecule has 2 rings (SSSR count). The van der Waals surface area contributed by atoms with Gasteiger partial charge >= 0.3 is 0 Å². The fourth-order valence-electron chi connectivity index (χ4n) is 2.83. The predicted molar refractivity (Wildman–Crippen MR) is 74.6 cm³/mol. The molecule has 0 saturated heterocycles. The van der Waals surface area contributed by atoms with Crippen molar-refractivity contribution in [1.82, 2.24) is 0 Å². The topological polar surface area (TPSA) is 30.5 Å². The SMILES string of the molecule is CCC1CCCC1Nc1ccc(OC)cc1OC. The van der Waals surface area contributed by atoms with E-state index >= 15 is 0 Å². The van der Waals surface area contributed by atoms with Gasteiger partial charge in [-0.05, 0) is 30.9 Å². The van der Waals surface area contributed by atoms with E-state index in [0.717, 1.165) is 23.1 Å². The Morgan fingerprint density at radius 2 is 2.06 bits per heavy atom. The third-order valence-electron chi connectivity index (χ3n) is 3.93. The van der Waals surface area contributed by atoms with Gasteiger partial charge in [-0.2, -0.15) is 0 Å². The first-order valence-corrected chi connectivity index (χ1v) is 6.77. The quantitative estimate of drug-likeness (QED) is 0.863. The van der Waals surface area contributed by atoms with Gasteiger partial charge in [-0.1, -0.05) is 19.8 Å². The molecule has 2 unspecified atom stereocenters. The van der Waals surface area contributed by atoms with Crippen LogP contribution in [-0.4, -0.2) is 20.3 Å². The molecule has 0 radical (unpaired) electrons. The highest BCUT2D eigenvalue weighted by Gasteiger charge is 2.26. The van der Waals surface area contributed by atoms with E-state index in [9.17, 15) is 0 Å². The molecule has 1 aliphatic carbocycles. The summed E-state index contributed by atoms with van der Waals surface area (Å²) < 4.78 is 10.6. The normalized spacial score (nSPS) is 22.8. The van der Waals surface area contributed by atoms with E-state index in [4.69, 9.17) is 9.47 Å². The Hall–Kier alpha value is -1.38. The summed E-state index contributed by atoms with van der Waals surface area (Å²) in [6, 6.07) is 6.53. The number of hydrogen-bond acceptors (Lipinski definition) is 3. The van der Waals surface area contributed by atoms with E-state index in [1.165, 1.54) is 25.7 Å². The van der Waals surface area contributed by atoms with Crippen LogP contribution < -0.4 is 14.8 Å². The van der Waals surface area contributed by atoms with Crippen LogP contribution in [0, 0.1) is 5.92 Å². The average molecular weight is 249 g/mol. The Kier molecular flexibility index (Phi) is 4.34. The van der Waals surface area contributed by atoms with Crippen LogP contribution in [0.4, 0.5) is 5.69 Å². The molecule has 100 valence electrons. The summed E-state index contributed by atoms with van der Waals surface area (Å²) in [5, 5.41) is 3.63. The number of rotatable bonds is 5. The van der Waals surface area contributed by atoms with E-state index in [-0.39, 0.29) is 0 Å². The molecule has 0 heterocycles. The molecule has 0 spiro atoms. The van der Waals surface area contributed by atoms with Gasteiger partial charge in [-0.3, -0.25) is 0 Å². The van der Waals surface area contributed by atoms with Crippen LogP contribution in [0.2, 0.25) is 0 Å². The fourth-order valence-corrected chi connectivity index (χ4v) is 2.83. The lowest BCUT2D eigenvalue weighted by Crippen LogP contribution is -2.23. The van der Waals surface area contributed by atoms with Crippen molar-refractivity contribution in [3.8, 4) is 11.5 Å². The molecule has 1 aromatic carbocycles. The van der Waals surface area contributed by atoms with Gasteiger partial charge in [0.15, 0.2) is 0 Å². The van der Waals surface area contributed by atoms with E-state index < -0.39 is 0 Å². The molecular weight excluding hydrogens is 226 g/mol. The monoisotopic (exact) mass is 249 g/mol. The minimum atomic E-state index is 0.581. The highest BCUT2D eigenvalue weighted by molar-refractivity contribution is 5.59. The highest BCUT2D eigenvalue weighted by atomic mass is 16.5. The third-order valence-corrected chi connectivity index (χ3v) is 3.93. The maximum absolute atomic E-state index is 5.42. The molecule has 0 aromatic heterocycles. The van der Waals surface area contributed by atoms with Crippen LogP contribution in [0.1, 0.15) is 32.6 Å². The van der Waals surface area contributed by atoms with Crippen molar-refractivity contribution in [2.75, 3.05) is 19.5 Å². The van der Waals surface area contributed by atoms with E-state index in [0.29, 0.717) is 6.04 Å². The van der Waals surface area contributed by atoms with E-state index in [1.807, 2.05) is 18.2 Å². The molecule has 18 heavy (non-hydrogen) atoms. The largest absolute Gasteiger partial charge is 0.497 e. The van der Waals surface area contributed by atoms with Crippen molar-refractivity contribution in [3.05, 3.63) is 18.2 Å². The van der Waals surface area contributed by atoms with E-state index in [1.54, 1.807) is 14.2 Å². The van der Waals surface area contributed by atoms with Gasteiger partial charge in [0.25, 0.3) is 0 Å². The Balaban J connectivity index is 2.13. The van der Waals surface area contributed by atoms with Gasteiger partial charge in [-0.15, -0.1) is 0 Å². The lowest BCUT2D eigenvalue weighted by atomic mass is 10.0. The summed E-state index contributed by atoms with van der Waals surface area (Å²) in [5.41, 5.74) is 1.07.